The molecule has 0 bridgehead atoms. The van der Waals surface area contributed by atoms with Crippen molar-refractivity contribution in [2.24, 2.45) is 17.8 Å². The van der Waals surface area contributed by atoms with E-state index in [0.717, 1.165) is 25.7 Å². The average Bonchev–Trinajstić information content (AvgIpc) is 2.52. The summed E-state index contributed by atoms with van der Waals surface area (Å²) in [6.45, 7) is 14.7. The zero-order valence-electron chi connectivity index (χ0n) is 17.3. The molecule has 4 nitrogen and oxygen atoms in total. The lowest BCUT2D eigenvalue weighted by Crippen LogP contribution is -2.22. The lowest BCUT2D eigenvalue weighted by molar-refractivity contribution is -0.144. The van der Waals surface area contributed by atoms with Crippen LogP contribution >= 0.6 is 0 Å². The molecule has 0 spiro atoms. The van der Waals surface area contributed by atoms with Crippen LogP contribution in [-0.2, 0) is 19.1 Å². The maximum absolute atomic E-state index is 12.6. The minimum Gasteiger partial charge on any atom is -0.462 e. The molecule has 0 radical (unpaired) electrons. The molecule has 0 heterocycles. The van der Waals surface area contributed by atoms with Gasteiger partial charge in [-0.05, 0) is 30.6 Å². The number of esters is 2. The molecule has 0 aliphatic heterocycles. The van der Waals surface area contributed by atoms with Crippen LogP contribution in [0.5, 0.6) is 0 Å². The smallest absolute Gasteiger partial charge is 0.334 e. The van der Waals surface area contributed by atoms with Gasteiger partial charge < -0.3 is 9.47 Å². The zero-order chi connectivity index (χ0) is 19.4. The predicted molar refractivity (Wildman–Crippen MR) is 102 cm³/mol. The fourth-order valence-corrected chi connectivity index (χ4v) is 2.43. The van der Waals surface area contributed by atoms with Crippen molar-refractivity contribution in [2.75, 3.05) is 13.2 Å². The molecule has 0 saturated heterocycles. The maximum Gasteiger partial charge on any atom is 0.334 e. The second-order valence-electron chi connectivity index (χ2n) is 7.84. The van der Waals surface area contributed by atoms with E-state index in [-0.39, 0.29) is 29.7 Å². The van der Waals surface area contributed by atoms with Crippen LogP contribution in [0.2, 0.25) is 0 Å². The number of hydrogen-bond acceptors (Lipinski definition) is 4. The quantitative estimate of drug-likeness (QED) is 0.271. The summed E-state index contributed by atoms with van der Waals surface area (Å²) in [5.74, 6) is -0.294. The van der Waals surface area contributed by atoms with Crippen LogP contribution in [0.1, 0.15) is 80.6 Å². The normalized spacial score (nSPS) is 12.6. The standard InChI is InChI=1S/C21H38O4/c1-8-9-10-11-12-18(20(22)24-13-15(2)3)19(17(6)7)21(23)25-14-16(4)5/h15-17H,8-14H2,1-7H3. The van der Waals surface area contributed by atoms with Crippen molar-refractivity contribution < 1.29 is 19.1 Å². The van der Waals surface area contributed by atoms with Crippen LogP contribution < -0.4 is 0 Å². The van der Waals surface area contributed by atoms with Gasteiger partial charge in [-0.25, -0.2) is 9.59 Å². The van der Waals surface area contributed by atoms with Gasteiger partial charge in [-0.15, -0.1) is 0 Å². The minimum atomic E-state index is -0.379. The Labute approximate surface area is 154 Å². The van der Waals surface area contributed by atoms with Gasteiger partial charge in [0.1, 0.15) is 0 Å². The molecular weight excluding hydrogens is 316 g/mol. The van der Waals surface area contributed by atoms with Crippen molar-refractivity contribution in [1.29, 1.82) is 0 Å². The Morgan fingerprint density at radius 2 is 1.28 bits per heavy atom. The second kappa shape index (κ2) is 13.0. The zero-order valence-corrected chi connectivity index (χ0v) is 17.3. The summed E-state index contributed by atoms with van der Waals surface area (Å²) in [6, 6.07) is 0. The van der Waals surface area contributed by atoms with Crippen LogP contribution in [-0.4, -0.2) is 25.2 Å². The van der Waals surface area contributed by atoms with Gasteiger partial charge in [-0.3, -0.25) is 0 Å². The number of hydrogen-bond donors (Lipinski definition) is 0. The molecular formula is C21H38O4. The summed E-state index contributed by atoms with van der Waals surface area (Å²) >= 11 is 0. The van der Waals surface area contributed by atoms with Crippen molar-refractivity contribution in [3.63, 3.8) is 0 Å². The van der Waals surface area contributed by atoms with E-state index in [1.165, 1.54) is 0 Å². The largest absolute Gasteiger partial charge is 0.462 e. The summed E-state index contributed by atoms with van der Waals surface area (Å²) in [4.78, 5) is 25.2. The summed E-state index contributed by atoms with van der Waals surface area (Å²) in [7, 11) is 0. The summed E-state index contributed by atoms with van der Waals surface area (Å²) in [5.41, 5.74) is 0.978. The lowest BCUT2D eigenvalue weighted by Gasteiger charge is -2.18. The molecule has 0 aromatic carbocycles. The first-order chi connectivity index (χ1) is 11.7. The summed E-state index contributed by atoms with van der Waals surface area (Å²) in [6.07, 6.45) is 4.76. The third kappa shape index (κ3) is 10.3. The molecule has 0 unspecified atom stereocenters. The summed E-state index contributed by atoms with van der Waals surface area (Å²) < 4.78 is 10.8. The molecule has 0 rings (SSSR count). The van der Waals surface area contributed by atoms with Gasteiger partial charge in [0, 0.05) is 5.57 Å². The molecule has 0 N–H and O–H groups in total. The van der Waals surface area contributed by atoms with Crippen molar-refractivity contribution >= 4 is 11.9 Å². The minimum absolute atomic E-state index is 0.0764. The molecule has 0 saturated carbocycles. The topological polar surface area (TPSA) is 52.6 Å². The van der Waals surface area contributed by atoms with E-state index in [4.69, 9.17) is 9.47 Å². The molecule has 0 aliphatic carbocycles. The summed E-state index contributed by atoms with van der Waals surface area (Å²) in [5, 5.41) is 0. The third-order valence-electron chi connectivity index (χ3n) is 3.74. The van der Waals surface area contributed by atoms with Crippen LogP contribution in [0.15, 0.2) is 11.1 Å². The van der Waals surface area contributed by atoms with Crippen molar-refractivity contribution in [1.82, 2.24) is 0 Å². The maximum atomic E-state index is 12.6. The first-order valence-electron chi connectivity index (χ1n) is 9.77. The molecule has 0 fully saturated rings. The van der Waals surface area contributed by atoms with Crippen molar-refractivity contribution in [2.45, 2.75) is 80.6 Å². The van der Waals surface area contributed by atoms with Crippen LogP contribution in [0, 0.1) is 17.8 Å². The Balaban J connectivity index is 5.41. The van der Waals surface area contributed by atoms with Crippen molar-refractivity contribution in [3.8, 4) is 0 Å². The monoisotopic (exact) mass is 354 g/mol. The predicted octanol–water partition coefficient (Wildman–Crippen LogP) is 5.31. The van der Waals surface area contributed by atoms with Gasteiger partial charge in [0.15, 0.2) is 0 Å². The molecule has 146 valence electrons. The Hall–Kier alpha value is -1.32. The Morgan fingerprint density at radius 3 is 1.72 bits per heavy atom. The molecule has 4 heteroatoms. The van der Waals surface area contributed by atoms with Crippen LogP contribution in [0.4, 0.5) is 0 Å². The van der Waals surface area contributed by atoms with Gasteiger partial charge in [0.25, 0.3) is 0 Å². The second-order valence-corrected chi connectivity index (χ2v) is 7.84. The number of carbonyl (C=O) groups excluding carboxylic acids is 2. The third-order valence-corrected chi connectivity index (χ3v) is 3.74. The Bertz CT molecular complexity index is 433. The van der Waals surface area contributed by atoms with Gasteiger partial charge in [0.05, 0.1) is 18.8 Å². The van der Waals surface area contributed by atoms with Gasteiger partial charge in [0.2, 0.25) is 0 Å². The first-order valence-corrected chi connectivity index (χ1v) is 9.77. The van der Waals surface area contributed by atoms with Crippen molar-refractivity contribution in [3.05, 3.63) is 11.1 Å². The highest BCUT2D eigenvalue weighted by molar-refractivity contribution is 6.00. The van der Waals surface area contributed by atoms with Gasteiger partial charge in [-0.1, -0.05) is 67.7 Å². The fourth-order valence-electron chi connectivity index (χ4n) is 2.43. The average molecular weight is 355 g/mol. The highest BCUT2D eigenvalue weighted by atomic mass is 16.5. The molecule has 25 heavy (non-hydrogen) atoms. The number of carbonyl (C=O) groups is 2. The number of rotatable bonds is 12. The van der Waals surface area contributed by atoms with E-state index in [9.17, 15) is 9.59 Å². The SMILES string of the molecule is CCCCCCC(C(=O)OCC(C)C)=C(C(=O)OCC(C)C)C(C)C. The Morgan fingerprint density at radius 1 is 0.760 bits per heavy atom. The number of ether oxygens (including phenoxy) is 2. The molecule has 0 aliphatic rings. The van der Waals surface area contributed by atoms with E-state index in [1.54, 1.807) is 0 Å². The highest BCUT2D eigenvalue weighted by Crippen LogP contribution is 2.24. The fraction of sp³-hybridized carbons (Fsp3) is 0.810. The van der Waals surface area contributed by atoms with E-state index >= 15 is 0 Å². The molecule has 0 aromatic heterocycles. The lowest BCUT2D eigenvalue weighted by atomic mass is 9.93. The Kier molecular flexibility index (Phi) is 12.3. The molecule has 0 amide bonds. The van der Waals surface area contributed by atoms with E-state index in [2.05, 4.69) is 6.92 Å². The van der Waals surface area contributed by atoms with E-state index in [0.29, 0.717) is 30.8 Å². The number of unbranched alkanes of at least 4 members (excludes halogenated alkanes) is 3. The van der Waals surface area contributed by atoms with Gasteiger partial charge >= 0.3 is 11.9 Å². The molecule has 0 aromatic rings. The van der Waals surface area contributed by atoms with Crippen LogP contribution in [0.3, 0.4) is 0 Å². The van der Waals surface area contributed by atoms with E-state index < -0.39 is 0 Å². The van der Waals surface area contributed by atoms with Crippen LogP contribution in [0.25, 0.3) is 0 Å². The van der Waals surface area contributed by atoms with Gasteiger partial charge in [-0.2, -0.15) is 0 Å². The van der Waals surface area contributed by atoms with E-state index in [1.807, 2.05) is 41.5 Å². The highest BCUT2D eigenvalue weighted by Gasteiger charge is 2.26. The first kappa shape index (κ1) is 23.7. The molecule has 0 atom stereocenters.